The number of ether oxygens (including phenoxy) is 1. The molecule has 23 heavy (non-hydrogen) atoms. The van der Waals surface area contributed by atoms with E-state index in [0.29, 0.717) is 11.8 Å². The summed E-state index contributed by atoms with van der Waals surface area (Å²) < 4.78 is 6.58. The van der Waals surface area contributed by atoms with Gasteiger partial charge in [-0.05, 0) is 35.1 Å². The second-order valence-electron chi connectivity index (χ2n) is 6.54. The van der Waals surface area contributed by atoms with Crippen LogP contribution in [0.3, 0.4) is 0 Å². The normalized spacial score (nSPS) is 28.6. The molecule has 0 spiro atoms. The summed E-state index contributed by atoms with van der Waals surface area (Å²) in [6.07, 6.45) is 2.23. The van der Waals surface area contributed by atoms with E-state index < -0.39 is 0 Å². The van der Waals surface area contributed by atoms with Gasteiger partial charge < -0.3 is 4.74 Å². The molecule has 2 aliphatic carbocycles. The third kappa shape index (κ3) is 2.69. The molecule has 0 N–H and O–H groups in total. The van der Waals surface area contributed by atoms with Gasteiger partial charge in [0.25, 0.3) is 0 Å². The van der Waals surface area contributed by atoms with Crippen molar-refractivity contribution in [3.63, 3.8) is 0 Å². The maximum atomic E-state index is 6.58. The zero-order chi connectivity index (χ0) is 15.8. The Morgan fingerprint density at radius 2 is 1.17 bits per heavy atom. The highest BCUT2D eigenvalue weighted by atomic mass is 35.5. The summed E-state index contributed by atoms with van der Waals surface area (Å²) in [5.74, 6) is 1.78. The Labute approximate surface area is 147 Å². The van der Waals surface area contributed by atoms with Crippen LogP contribution in [-0.4, -0.2) is 24.0 Å². The monoisotopic (exact) mass is 346 g/mol. The summed E-state index contributed by atoms with van der Waals surface area (Å²) in [5, 5.41) is 0. The maximum absolute atomic E-state index is 6.58. The van der Waals surface area contributed by atoms with Crippen molar-refractivity contribution in [3.8, 4) is 0 Å². The molecule has 1 nitrogen and oxygen atoms in total. The molecule has 2 aliphatic rings. The molecule has 4 rings (SSSR count). The second-order valence-corrected chi connectivity index (χ2v) is 7.16. The smallest absolute Gasteiger partial charge is 0.0699 e. The first kappa shape index (κ1) is 15.5. The molecule has 0 saturated carbocycles. The van der Waals surface area contributed by atoms with Gasteiger partial charge in [-0.25, -0.2) is 0 Å². The second kappa shape index (κ2) is 6.47. The molecule has 0 aromatic heterocycles. The number of hydrogen-bond donors (Lipinski definition) is 0. The van der Waals surface area contributed by atoms with E-state index in [-0.39, 0.29) is 24.0 Å². The number of alkyl halides is 2. The van der Waals surface area contributed by atoms with Gasteiger partial charge in [0.15, 0.2) is 0 Å². The van der Waals surface area contributed by atoms with Crippen molar-refractivity contribution in [3.05, 3.63) is 70.8 Å². The van der Waals surface area contributed by atoms with Crippen LogP contribution in [-0.2, 0) is 17.6 Å². The Balaban J connectivity index is 1.55. The Morgan fingerprint density at radius 1 is 0.739 bits per heavy atom. The van der Waals surface area contributed by atoms with E-state index in [2.05, 4.69) is 48.5 Å². The Bertz CT molecular complexity index is 640. The molecule has 120 valence electrons. The van der Waals surface area contributed by atoms with Crippen molar-refractivity contribution >= 4 is 23.2 Å². The van der Waals surface area contributed by atoms with Crippen LogP contribution in [0.5, 0.6) is 0 Å². The van der Waals surface area contributed by atoms with Crippen LogP contribution < -0.4 is 0 Å². The van der Waals surface area contributed by atoms with Gasteiger partial charge in [-0.2, -0.15) is 0 Å². The van der Waals surface area contributed by atoms with Gasteiger partial charge in [0.1, 0.15) is 0 Å². The minimum Gasteiger partial charge on any atom is -0.373 e. The first-order valence-electron chi connectivity index (χ1n) is 8.24. The zero-order valence-corrected chi connectivity index (χ0v) is 14.4. The van der Waals surface area contributed by atoms with Crippen LogP contribution >= 0.6 is 23.2 Å². The van der Waals surface area contributed by atoms with Gasteiger partial charge in [0, 0.05) is 23.6 Å². The summed E-state index contributed by atoms with van der Waals surface area (Å²) in [7, 11) is 0. The fourth-order valence-corrected chi connectivity index (χ4v) is 4.89. The Kier molecular flexibility index (Phi) is 4.36. The molecule has 0 saturated heterocycles. The Hall–Kier alpha value is -1.02. The fraction of sp³-hybridized carbons (Fsp3) is 0.400. The van der Waals surface area contributed by atoms with Crippen molar-refractivity contribution in [1.29, 1.82) is 0 Å². The van der Waals surface area contributed by atoms with Gasteiger partial charge in [-0.3, -0.25) is 0 Å². The molecular formula is C20H20Cl2O. The van der Waals surface area contributed by atoms with Crippen LogP contribution in [0.4, 0.5) is 0 Å². The number of rotatable bonds is 4. The first-order chi connectivity index (χ1) is 11.3. The van der Waals surface area contributed by atoms with Crippen molar-refractivity contribution in [2.45, 2.75) is 36.9 Å². The summed E-state index contributed by atoms with van der Waals surface area (Å²) in [5.41, 5.74) is 5.46. The van der Waals surface area contributed by atoms with E-state index in [1.165, 1.54) is 22.3 Å². The van der Waals surface area contributed by atoms with Gasteiger partial charge in [-0.15, -0.1) is 23.2 Å². The molecule has 3 heteroatoms. The van der Waals surface area contributed by atoms with Crippen LogP contribution in [0.2, 0.25) is 0 Å². The van der Waals surface area contributed by atoms with Gasteiger partial charge in [-0.1, -0.05) is 48.5 Å². The third-order valence-corrected chi connectivity index (χ3v) is 6.00. The average Bonchev–Trinajstić information content (AvgIpc) is 3.11. The maximum Gasteiger partial charge on any atom is 0.0699 e. The molecular weight excluding hydrogens is 327 g/mol. The lowest BCUT2D eigenvalue weighted by Gasteiger charge is -2.26. The number of halogens is 2. The van der Waals surface area contributed by atoms with Crippen LogP contribution in [0.25, 0.3) is 0 Å². The summed E-state index contributed by atoms with van der Waals surface area (Å²) in [6, 6.07) is 17.1. The first-order valence-corrected chi connectivity index (χ1v) is 9.31. The number of hydrogen-bond acceptors (Lipinski definition) is 1. The number of fused-ring (bicyclic) bond motifs is 2. The lowest BCUT2D eigenvalue weighted by molar-refractivity contribution is -0.0211. The van der Waals surface area contributed by atoms with E-state index in [0.717, 1.165) is 12.8 Å². The molecule has 2 aromatic carbocycles. The topological polar surface area (TPSA) is 9.23 Å². The molecule has 0 aliphatic heterocycles. The third-order valence-electron chi connectivity index (χ3n) is 5.33. The van der Waals surface area contributed by atoms with Crippen molar-refractivity contribution in [2.24, 2.45) is 0 Å². The van der Waals surface area contributed by atoms with E-state index in [4.69, 9.17) is 27.9 Å². The Morgan fingerprint density at radius 3 is 1.61 bits per heavy atom. The molecule has 4 unspecified atom stereocenters. The highest BCUT2D eigenvalue weighted by Crippen LogP contribution is 2.41. The minimum absolute atomic E-state index is 0.162. The van der Waals surface area contributed by atoms with Gasteiger partial charge >= 0.3 is 0 Å². The van der Waals surface area contributed by atoms with Gasteiger partial charge in [0.2, 0.25) is 0 Å². The van der Waals surface area contributed by atoms with E-state index in [1.807, 2.05) is 0 Å². The molecule has 4 atom stereocenters. The van der Waals surface area contributed by atoms with Gasteiger partial charge in [0.05, 0.1) is 12.2 Å². The summed E-state index contributed by atoms with van der Waals surface area (Å²) >= 11 is 12.5. The van der Waals surface area contributed by atoms with Crippen LogP contribution in [0.15, 0.2) is 48.5 Å². The highest BCUT2D eigenvalue weighted by Gasteiger charge is 2.39. The largest absolute Gasteiger partial charge is 0.373 e. The lowest BCUT2D eigenvalue weighted by atomic mass is 10.0. The predicted octanol–water partition coefficient (Wildman–Crippen LogP) is 4.90. The summed E-state index contributed by atoms with van der Waals surface area (Å²) in [4.78, 5) is 0. The highest BCUT2D eigenvalue weighted by molar-refractivity contribution is 6.18. The molecule has 0 fully saturated rings. The number of benzene rings is 2. The molecule has 0 heterocycles. The fourth-order valence-electron chi connectivity index (χ4n) is 4.16. The zero-order valence-electron chi connectivity index (χ0n) is 12.9. The summed E-state index contributed by atoms with van der Waals surface area (Å²) in [6.45, 7) is 0. The van der Waals surface area contributed by atoms with E-state index in [1.54, 1.807) is 0 Å². The molecule has 0 radical (unpaired) electrons. The molecule has 2 aromatic rings. The lowest BCUT2D eigenvalue weighted by Crippen LogP contribution is -2.30. The molecule has 0 bridgehead atoms. The molecule has 0 amide bonds. The van der Waals surface area contributed by atoms with Crippen molar-refractivity contribution in [1.82, 2.24) is 0 Å². The van der Waals surface area contributed by atoms with Crippen molar-refractivity contribution in [2.75, 3.05) is 11.8 Å². The minimum atomic E-state index is 0.162. The quantitative estimate of drug-likeness (QED) is 0.715. The van der Waals surface area contributed by atoms with E-state index >= 15 is 0 Å². The standard InChI is InChI=1S/C20H20Cl2O/c21-11-17-15-7-3-1-5-13(15)9-19(17)23-20-10-14-6-2-4-8-16(14)18(20)12-22/h1-8,17-20H,9-12H2. The average molecular weight is 347 g/mol. The predicted molar refractivity (Wildman–Crippen MR) is 95.9 cm³/mol. The SMILES string of the molecule is ClCC1c2ccccc2CC1OC1Cc2ccccc2C1CCl. The van der Waals surface area contributed by atoms with Crippen LogP contribution in [0.1, 0.15) is 34.1 Å². The van der Waals surface area contributed by atoms with Crippen molar-refractivity contribution < 1.29 is 4.74 Å². The van der Waals surface area contributed by atoms with Crippen LogP contribution in [0, 0.1) is 0 Å². The van der Waals surface area contributed by atoms with E-state index in [9.17, 15) is 0 Å².